The summed E-state index contributed by atoms with van der Waals surface area (Å²) >= 11 is 14.3. The van der Waals surface area contributed by atoms with Crippen LogP contribution in [0.5, 0.6) is 11.5 Å². The van der Waals surface area contributed by atoms with Gasteiger partial charge in [0, 0.05) is 50.8 Å². The first-order chi connectivity index (χ1) is 22.0. The molecule has 2 aliphatic heterocycles. The quantitative estimate of drug-likeness (QED) is 0.154. The molecule has 0 bridgehead atoms. The molecule has 0 spiro atoms. The van der Waals surface area contributed by atoms with Crippen molar-refractivity contribution in [2.45, 2.75) is 28.5 Å². The van der Waals surface area contributed by atoms with Gasteiger partial charge in [0.25, 0.3) is 11.8 Å². The van der Waals surface area contributed by atoms with E-state index in [1.54, 1.807) is 6.08 Å². The molecule has 2 heterocycles. The minimum absolute atomic E-state index is 0.0192. The Kier molecular flexibility index (Phi) is 7.28. The van der Waals surface area contributed by atoms with Crippen molar-refractivity contribution in [3.63, 3.8) is 0 Å². The molecule has 47 heavy (non-hydrogen) atoms. The Hall–Kier alpha value is -4.76. The number of allylic oxidation sites excluding steroid dienone is 2. The van der Waals surface area contributed by atoms with Gasteiger partial charge in [0.15, 0.2) is 15.4 Å². The summed E-state index contributed by atoms with van der Waals surface area (Å²) in [5.74, 6) is -7.42. The predicted molar refractivity (Wildman–Crippen MR) is 167 cm³/mol. The summed E-state index contributed by atoms with van der Waals surface area (Å²) in [6.07, 6.45) is 1.34. The average Bonchev–Trinajstić information content (AvgIpc) is 3.35. The lowest BCUT2D eigenvalue weighted by molar-refractivity contribution is -0.392. The number of nitro benzene ring substituents is 2. The van der Waals surface area contributed by atoms with E-state index in [1.807, 2.05) is 0 Å². The third-order valence-electron chi connectivity index (χ3n) is 9.70. The van der Waals surface area contributed by atoms with Gasteiger partial charge in [-0.3, -0.25) is 44.3 Å². The van der Waals surface area contributed by atoms with Crippen molar-refractivity contribution in [1.29, 1.82) is 0 Å². The van der Waals surface area contributed by atoms with Crippen LogP contribution in [0.3, 0.4) is 0 Å². The maximum atomic E-state index is 14.3. The molecule has 0 aromatic heterocycles. The number of imide groups is 2. The average molecular weight is 688 g/mol. The molecule has 2 saturated heterocycles. The van der Waals surface area contributed by atoms with E-state index in [2.05, 4.69) is 0 Å². The highest BCUT2D eigenvalue weighted by Crippen LogP contribution is 2.66. The van der Waals surface area contributed by atoms with Crippen LogP contribution < -0.4 is 14.5 Å². The van der Waals surface area contributed by atoms with E-state index in [9.17, 15) is 44.5 Å². The summed E-state index contributed by atoms with van der Waals surface area (Å²) in [6, 6.07) is 6.00. The number of alkyl halides is 2. The highest BCUT2D eigenvalue weighted by molar-refractivity contribution is 6.53. The second-order valence-corrected chi connectivity index (χ2v) is 13.4. The van der Waals surface area contributed by atoms with Gasteiger partial charge in [-0.1, -0.05) is 17.7 Å². The van der Waals surface area contributed by atoms with Crippen LogP contribution in [0.2, 0.25) is 0 Å². The Bertz CT molecular complexity index is 1830. The molecule has 2 aromatic rings. The van der Waals surface area contributed by atoms with Gasteiger partial charge >= 0.3 is 11.4 Å². The number of carbonyl (C=O) groups is 4. The molecule has 4 amide bonds. The number of carbonyl (C=O) groups excluding carboxylic acids is 4. The summed E-state index contributed by atoms with van der Waals surface area (Å²) in [6.45, 7) is 0. The number of anilines is 2. The lowest BCUT2D eigenvalue weighted by atomic mass is 9.56. The molecule has 6 unspecified atom stereocenters. The SMILES string of the molecule is COc1cc(O)ccc1C1C2=CCC3C(=O)N(c4cc([N+](=O)[O-])c(N(C)C)c([N+](=O)[O-])c4)C(=O)C3C2CC2(Cl)C(=O)N(C)C(=O)C12Cl. The highest BCUT2D eigenvalue weighted by Gasteiger charge is 2.76. The van der Waals surface area contributed by atoms with Gasteiger partial charge in [-0.15, -0.1) is 23.2 Å². The second kappa shape index (κ2) is 10.6. The number of phenolic OH excluding ortho intramolecular Hbond substituents is 1. The number of methoxy groups -OCH3 is 1. The number of halogens is 2. The lowest BCUT2D eigenvalue weighted by Crippen LogP contribution is -2.60. The summed E-state index contributed by atoms with van der Waals surface area (Å²) in [7, 11) is 5.35. The smallest absolute Gasteiger partial charge is 0.301 e. The third-order valence-corrected chi connectivity index (χ3v) is 11.1. The Morgan fingerprint density at radius 1 is 0.979 bits per heavy atom. The number of ether oxygens (including phenoxy) is 1. The molecule has 6 atom stereocenters. The number of amides is 4. The fourth-order valence-electron chi connectivity index (χ4n) is 7.74. The van der Waals surface area contributed by atoms with Crippen molar-refractivity contribution >= 4 is 69.6 Å². The Morgan fingerprint density at radius 3 is 2.15 bits per heavy atom. The first kappa shape index (κ1) is 32.2. The number of nitrogens with zero attached hydrogens (tertiary/aromatic N) is 5. The third kappa shape index (κ3) is 4.18. The Balaban J connectivity index is 1.52. The largest absolute Gasteiger partial charge is 0.508 e. The maximum Gasteiger partial charge on any atom is 0.301 e. The maximum absolute atomic E-state index is 14.3. The topological polar surface area (TPSA) is 194 Å². The predicted octanol–water partition coefficient (Wildman–Crippen LogP) is 3.48. The van der Waals surface area contributed by atoms with E-state index in [1.165, 1.54) is 51.4 Å². The van der Waals surface area contributed by atoms with E-state index < -0.39 is 78.3 Å². The molecular formula is C30H27Cl2N5O10. The fraction of sp³-hybridized carbons (Fsp3) is 0.400. The first-order valence-electron chi connectivity index (χ1n) is 14.3. The molecule has 1 N–H and O–H groups in total. The zero-order valence-electron chi connectivity index (χ0n) is 25.3. The number of likely N-dealkylation sites (tertiary alicyclic amines) is 1. The van der Waals surface area contributed by atoms with E-state index in [0.29, 0.717) is 16.0 Å². The first-order valence-corrected chi connectivity index (χ1v) is 15.1. The normalized spacial score (nSPS) is 29.7. The number of nitro groups is 2. The van der Waals surface area contributed by atoms with Gasteiger partial charge in [0.2, 0.25) is 11.8 Å². The van der Waals surface area contributed by atoms with Crippen LogP contribution in [0.15, 0.2) is 42.0 Å². The van der Waals surface area contributed by atoms with Crippen molar-refractivity contribution in [2.75, 3.05) is 38.1 Å². The molecule has 15 nitrogen and oxygen atoms in total. The monoisotopic (exact) mass is 687 g/mol. The van der Waals surface area contributed by atoms with Crippen LogP contribution in [0.25, 0.3) is 0 Å². The van der Waals surface area contributed by atoms with Crippen LogP contribution >= 0.6 is 23.2 Å². The molecule has 1 saturated carbocycles. The van der Waals surface area contributed by atoms with Crippen molar-refractivity contribution < 1.29 is 38.9 Å². The number of benzene rings is 2. The van der Waals surface area contributed by atoms with E-state index in [0.717, 1.165) is 17.0 Å². The zero-order chi connectivity index (χ0) is 34.5. The summed E-state index contributed by atoms with van der Waals surface area (Å²) in [5, 5.41) is 34.2. The van der Waals surface area contributed by atoms with E-state index >= 15 is 0 Å². The number of hydrogen-bond acceptors (Lipinski definition) is 11. The molecule has 17 heteroatoms. The van der Waals surface area contributed by atoms with Crippen LogP contribution in [-0.4, -0.2) is 81.5 Å². The van der Waals surface area contributed by atoms with Gasteiger partial charge in [-0.25, -0.2) is 4.90 Å². The van der Waals surface area contributed by atoms with Crippen LogP contribution in [0, 0.1) is 38.0 Å². The molecule has 4 aliphatic rings. The van der Waals surface area contributed by atoms with Gasteiger partial charge < -0.3 is 14.7 Å². The van der Waals surface area contributed by atoms with Gasteiger partial charge in [0.1, 0.15) is 11.5 Å². The van der Waals surface area contributed by atoms with Crippen molar-refractivity contribution in [3.05, 3.63) is 67.8 Å². The Labute approximate surface area is 276 Å². The molecule has 0 radical (unpaired) electrons. The van der Waals surface area contributed by atoms with Crippen molar-refractivity contribution in [2.24, 2.45) is 17.8 Å². The highest BCUT2D eigenvalue weighted by atomic mass is 35.5. The molecular weight excluding hydrogens is 661 g/mol. The molecule has 6 rings (SSSR count). The number of hydrogen-bond donors (Lipinski definition) is 1. The van der Waals surface area contributed by atoms with Crippen LogP contribution in [0.4, 0.5) is 22.7 Å². The molecule has 3 fully saturated rings. The number of aromatic hydroxyl groups is 1. The minimum Gasteiger partial charge on any atom is -0.508 e. The van der Waals surface area contributed by atoms with Gasteiger partial charge in [-0.2, -0.15) is 0 Å². The zero-order valence-corrected chi connectivity index (χ0v) is 26.8. The van der Waals surface area contributed by atoms with Gasteiger partial charge in [0.05, 0.1) is 34.5 Å². The van der Waals surface area contributed by atoms with Crippen LogP contribution in [-0.2, 0) is 19.2 Å². The second-order valence-electron chi connectivity index (χ2n) is 12.2. The summed E-state index contributed by atoms with van der Waals surface area (Å²) < 4.78 is 5.52. The molecule has 2 aromatic carbocycles. The summed E-state index contributed by atoms with van der Waals surface area (Å²) in [4.78, 5) is 76.6. The van der Waals surface area contributed by atoms with E-state index in [-0.39, 0.29) is 35.7 Å². The van der Waals surface area contributed by atoms with Gasteiger partial charge in [-0.05, 0) is 24.8 Å². The summed E-state index contributed by atoms with van der Waals surface area (Å²) in [5.41, 5.74) is -1.30. The molecule has 2 aliphatic carbocycles. The van der Waals surface area contributed by atoms with E-state index in [4.69, 9.17) is 27.9 Å². The number of phenols is 1. The lowest BCUT2D eigenvalue weighted by Gasteiger charge is -2.51. The van der Waals surface area contributed by atoms with Crippen LogP contribution in [0.1, 0.15) is 24.3 Å². The van der Waals surface area contributed by atoms with Crippen molar-refractivity contribution in [3.8, 4) is 11.5 Å². The molecule has 246 valence electrons. The van der Waals surface area contributed by atoms with Crippen molar-refractivity contribution in [1.82, 2.24) is 4.90 Å². The standard InChI is InChI=1S/C30H27Cl2N5O10/c1-33(2)24-19(36(43)44)9-13(10-20(24)37(45)46)35-25(39)17-8-7-15-18(22(17)26(35)40)12-29(31)27(41)34(3)28(42)30(29,32)23(15)16-6-5-14(38)11-21(16)47-4/h5-7,9-11,17-18,22-23,38H,8,12H2,1-4H3. The fourth-order valence-corrected chi connectivity index (χ4v) is 8.75. The number of rotatable bonds is 6. The Morgan fingerprint density at radius 2 is 1.60 bits per heavy atom. The number of fused-ring (bicyclic) bond motifs is 4. The minimum atomic E-state index is -2.09.